The molecule has 0 aromatic rings. The fraction of sp³-hybridized carbons (Fsp3) is 0.429. The molecule has 0 aromatic heterocycles. The second kappa shape index (κ2) is 4.60. The van der Waals surface area contributed by atoms with E-state index in [0.717, 1.165) is 0 Å². The summed E-state index contributed by atoms with van der Waals surface area (Å²) < 4.78 is 0. The van der Waals surface area contributed by atoms with Gasteiger partial charge in [0.1, 0.15) is 6.61 Å². The molecule has 0 fully saturated rings. The Balaban J connectivity index is 3.42. The van der Waals surface area contributed by atoms with Crippen LogP contribution in [0.3, 0.4) is 0 Å². The highest BCUT2D eigenvalue weighted by Gasteiger charge is 1.68. The molecule has 0 saturated heterocycles. The normalized spacial score (nSPS) is 9.88. The van der Waals surface area contributed by atoms with Crippen molar-refractivity contribution in [3.8, 4) is 0 Å². The smallest absolute Gasteiger partial charge is 0.101 e. The lowest BCUT2D eigenvalue weighted by molar-refractivity contribution is 0.232. The van der Waals surface area contributed by atoms with Crippen LogP contribution in [-0.4, -0.2) is 6.61 Å². The predicted molar refractivity (Wildman–Crippen MR) is 34.1 cm³/mol. The van der Waals surface area contributed by atoms with Gasteiger partial charge >= 0.3 is 0 Å². The highest BCUT2D eigenvalue weighted by atomic mass is 16.2. The first-order valence-corrected chi connectivity index (χ1v) is 2.65. The fourth-order valence-electron chi connectivity index (χ4n) is 0.316. The van der Waals surface area contributed by atoms with Gasteiger partial charge in [0.05, 0.1) is 0 Å². The summed E-state index contributed by atoms with van der Waals surface area (Å²) in [6.07, 6.45) is 5.28. The van der Waals surface area contributed by atoms with Gasteiger partial charge in [-0.2, -0.15) is 0 Å². The van der Waals surface area contributed by atoms with Crippen LogP contribution in [0.25, 0.3) is 0 Å². The Labute approximate surface area is 50.3 Å². The summed E-state index contributed by atoms with van der Waals surface area (Å²) in [4.78, 5) is 0. The summed E-state index contributed by atoms with van der Waals surface area (Å²) >= 11 is 0. The molecule has 45 valence electrons. The van der Waals surface area contributed by atoms with Crippen molar-refractivity contribution in [2.45, 2.75) is 13.8 Å². The first-order chi connectivity index (χ1) is 3.77. The zero-order chi connectivity index (χ0) is 6.41. The van der Waals surface area contributed by atoms with Crippen LogP contribution in [0, 0.1) is 0 Å². The van der Waals surface area contributed by atoms with Crippen LogP contribution in [0.5, 0.6) is 0 Å². The van der Waals surface area contributed by atoms with Crippen molar-refractivity contribution >= 4 is 0 Å². The molecule has 0 atom stereocenters. The summed E-state index contributed by atoms with van der Waals surface area (Å²) in [5, 5.41) is 9.80. The lowest BCUT2D eigenvalue weighted by Crippen LogP contribution is -1.65. The molecule has 0 aliphatic carbocycles. The molecule has 0 aliphatic rings. The minimum Gasteiger partial charge on any atom is -0.232 e. The molecule has 0 bridgehead atoms. The Hall–Kier alpha value is -0.560. The lowest BCUT2D eigenvalue weighted by Gasteiger charge is -1.79. The average molecular weight is 111 g/mol. The van der Waals surface area contributed by atoms with Crippen LogP contribution in [0.1, 0.15) is 13.8 Å². The van der Waals surface area contributed by atoms with Crippen molar-refractivity contribution in [1.29, 1.82) is 0 Å². The van der Waals surface area contributed by atoms with E-state index in [2.05, 4.69) is 0 Å². The van der Waals surface area contributed by atoms with Gasteiger partial charge in [-0.25, -0.2) is 5.11 Å². The maximum absolute atomic E-state index is 9.80. The van der Waals surface area contributed by atoms with Crippen LogP contribution in [-0.2, 0) is 5.11 Å². The van der Waals surface area contributed by atoms with E-state index in [-0.39, 0.29) is 6.61 Å². The van der Waals surface area contributed by atoms with E-state index in [1.807, 2.05) is 19.9 Å². The van der Waals surface area contributed by atoms with E-state index in [0.29, 0.717) is 0 Å². The van der Waals surface area contributed by atoms with E-state index in [1.54, 1.807) is 12.2 Å². The van der Waals surface area contributed by atoms with Gasteiger partial charge in [0.2, 0.25) is 0 Å². The maximum atomic E-state index is 9.80. The van der Waals surface area contributed by atoms with Crippen LogP contribution >= 0.6 is 0 Å². The summed E-state index contributed by atoms with van der Waals surface area (Å²) in [6, 6.07) is 0. The third kappa shape index (κ3) is 5.44. The SMILES string of the molecule is CC(C)=C/C=C/C[O]. The van der Waals surface area contributed by atoms with Crippen molar-refractivity contribution in [2.75, 3.05) is 6.61 Å². The summed E-state index contributed by atoms with van der Waals surface area (Å²) in [5.41, 5.74) is 1.22. The van der Waals surface area contributed by atoms with Gasteiger partial charge in [-0.05, 0) is 13.8 Å². The number of rotatable bonds is 2. The minimum atomic E-state index is -0.121. The van der Waals surface area contributed by atoms with Gasteiger partial charge in [-0.3, -0.25) is 0 Å². The van der Waals surface area contributed by atoms with E-state index in [1.165, 1.54) is 5.57 Å². The average Bonchev–Trinajstić information content (AvgIpc) is 1.66. The zero-order valence-corrected chi connectivity index (χ0v) is 5.35. The highest BCUT2D eigenvalue weighted by Crippen LogP contribution is 1.87. The lowest BCUT2D eigenvalue weighted by atomic mass is 10.3. The van der Waals surface area contributed by atoms with E-state index in [4.69, 9.17) is 0 Å². The molecular formula is C7H11O. The van der Waals surface area contributed by atoms with Gasteiger partial charge in [0.25, 0.3) is 0 Å². The van der Waals surface area contributed by atoms with Crippen molar-refractivity contribution < 1.29 is 5.11 Å². The van der Waals surface area contributed by atoms with Crippen molar-refractivity contribution in [2.24, 2.45) is 0 Å². The number of hydrogen-bond acceptors (Lipinski definition) is 0. The first kappa shape index (κ1) is 7.44. The molecule has 0 aromatic carbocycles. The molecule has 0 N–H and O–H groups in total. The topological polar surface area (TPSA) is 19.9 Å². The molecule has 0 aliphatic heterocycles. The maximum Gasteiger partial charge on any atom is 0.101 e. The molecule has 0 amide bonds. The van der Waals surface area contributed by atoms with E-state index >= 15 is 0 Å². The molecule has 0 rings (SSSR count). The predicted octanol–water partition coefficient (Wildman–Crippen LogP) is 1.94. The monoisotopic (exact) mass is 111 g/mol. The molecule has 8 heavy (non-hydrogen) atoms. The Morgan fingerprint density at radius 3 is 2.50 bits per heavy atom. The van der Waals surface area contributed by atoms with Crippen LogP contribution in [0.2, 0.25) is 0 Å². The van der Waals surface area contributed by atoms with Gasteiger partial charge in [-0.15, -0.1) is 0 Å². The van der Waals surface area contributed by atoms with Crippen LogP contribution < -0.4 is 0 Å². The van der Waals surface area contributed by atoms with Gasteiger partial charge < -0.3 is 0 Å². The standard InChI is InChI=1S/C7H11O/c1-7(2)5-3-4-6-8/h3-5H,6H2,1-2H3/b4-3+. The Kier molecular flexibility index (Phi) is 4.27. The third-order valence-electron chi connectivity index (χ3n) is 0.662. The van der Waals surface area contributed by atoms with Gasteiger partial charge in [0, 0.05) is 0 Å². The van der Waals surface area contributed by atoms with Crippen molar-refractivity contribution in [3.05, 3.63) is 23.8 Å². The largest absolute Gasteiger partial charge is 0.232 e. The molecule has 0 spiro atoms. The number of allylic oxidation sites excluding steroid dienone is 3. The minimum absolute atomic E-state index is 0.121. The molecular weight excluding hydrogens is 100 g/mol. The summed E-state index contributed by atoms with van der Waals surface area (Å²) in [7, 11) is 0. The highest BCUT2D eigenvalue weighted by molar-refractivity contribution is 5.07. The Morgan fingerprint density at radius 1 is 1.50 bits per heavy atom. The van der Waals surface area contributed by atoms with Crippen LogP contribution in [0.15, 0.2) is 23.8 Å². The van der Waals surface area contributed by atoms with Gasteiger partial charge in [-0.1, -0.05) is 23.8 Å². The third-order valence-corrected chi connectivity index (χ3v) is 0.662. The Bertz CT molecular complexity index is 97.0. The summed E-state index contributed by atoms with van der Waals surface area (Å²) in [5.74, 6) is 0. The molecule has 1 nitrogen and oxygen atoms in total. The fourth-order valence-corrected chi connectivity index (χ4v) is 0.316. The van der Waals surface area contributed by atoms with E-state index < -0.39 is 0 Å². The quantitative estimate of drug-likeness (QED) is 0.485. The molecule has 0 saturated carbocycles. The molecule has 0 unspecified atom stereocenters. The Morgan fingerprint density at radius 2 is 2.12 bits per heavy atom. The van der Waals surface area contributed by atoms with Crippen molar-refractivity contribution in [3.63, 3.8) is 0 Å². The zero-order valence-electron chi connectivity index (χ0n) is 5.35. The second-order valence-corrected chi connectivity index (χ2v) is 1.84. The summed E-state index contributed by atoms with van der Waals surface area (Å²) in [6.45, 7) is 3.87. The van der Waals surface area contributed by atoms with Crippen molar-refractivity contribution in [1.82, 2.24) is 0 Å². The second-order valence-electron chi connectivity index (χ2n) is 1.84. The van der Waals surface area contributed by atoms with E-state index in [9.17, 15) is 5.11 Å². The molecule has 0 heterocycles. The molecule has 1 heteroatoms. The first-order valence-electron chi connectivity index (χ1n) is 2.65. The van der Waals surface area contributed by atoms with Gasteiger partial charge in [0.15, 0.2) is 0 Å². The molecule has 1 radical (unpaired) electrons. The number of hydrogen-bond donors (Lipinski definition) is 0. The van der Waals surface area contributed by atoms with Crippen LogP contribution in [0.4, 0.5) is 0 Å².